The first kappa shape index (κ1) is 40.7. The Morgan fingerprint density at radius 1 is 0.589 bits per heavy atom. The molecule has 0 saturated carbocycles. The number of allylic oxidation sites excluding steroid dienone is 8. The summed E-state index contributed by atoms with van der Waals surface area (Å²) in [5.41, 5.74) is 0. The minimum atomic E-state index is -4.78. The molecule has 0 aliphatic rings. The third kappa shape index (κ3) is 41.6. The van der Waals surface area contributed by atoms with Gasteiger partial charge in [0.15, 0.2) is 6.10 Å². The number of carbonyl (C=O) groups is 2. The standard InChI is InChI=1S/C46H84NO8P/c1-6-8-10-12-14-16-18-20-22-23-25-27-29-31-33-35-37-39-46(49)55-44(43-54-56(50,51)53-41-40-47(3,4)5)42-52-45(48)38-36-34-32-30-28-26-24-21-19-17-15-13-11-9-7-2/h14,16,20,22,25,27,31,33,44H,6-13,15,17-19,21,23-24,26,28-30,32,34-43H2,1-5H3/b16-14-,22-20-,27-25-,33-31-/t44-/m1/s1/i14D,16D,20D,22D,25D,27D,31D,33D. The van der Waals surface area contributed by atoms with E-state index in [1.807, 2.05) is 28.1 Å². The van der Waals surface area contributed by atoms with E-state index in [2.05, 4.69) is 6.92 Å². The highest BCUT2D eigenvalue weighted by molar-refractivity contribution is 7.45. The first-order valence-corrected chi connectivity index (χ1v) is 23.0. The van der Waals surface area contributed by atoms with Gasteiger partial charge in [-0.05, 0) is 51.4 Å². The number of quaternary nitrogens is 1. The van der Waals surface area contributed by atoms with E-state index >= 15 is 0 Å². The summed E-state index contributed by atoms with van der Waals surface area (Å²) in [7, 11) is 0.837. The van der Waals surface area contributed by atoms with E-state index in [9.17, 15) is 19.0 Å². The quantitative estimate of drug-likeness (QED) is 0.0198. The van der Waals surface area contributed by atoms with Crippen LogP contribution in [0.15, 0.2) is 48.4 Å². The molecule has 0 aliphatic carbocycles. The molecule has 0 aromatic carbocycles. The molecule has 2 atom stereocenters. The van der Waals surface area contributed by atoms with Gasteiger partial charge in [-0.3, -0.25) is 14.2 Å². The van der Waals surface area contributed by atoms with Crippen molar-refractivity contribution in [2.45, 2.75) is 187 Å². The molecule has 0 fully saturated rings. The lowest BCUT2D eigenvalue weighted by Gasteiger charge is -2.28. The number of ether oxygens (including phenoxy) is 2. The summed E-state index contributed by atoms with van der Waals surface area (Å²) >= 11 is 0. The normalized spacial score (nSPS) is 17.5. The van der Waals surface area contributed by atoms with Crippen LogP contribution < -0.4 is 4.89 Å². The Hall–Kier alpha value is -2.03. The van der Waals surface area contributed by atoms with Crippen molar-refractivity contribution in [1.29, 1.82) is 0 Å². The Labute approximate surface area is 355 Å². The Balaban J connectivity index is 5.07. The summed E-state index contributed by atoms with van der Waals surface area (Å²) in [5.74, 6) is -1.27. The fourth-order valence-corrected chi connectivity index (χ4v) is 6.10. The van der Waals surface area contributed by atoms with E-state index < -0.39 is 39.1 Å². The molecule has 56 heavy (non-hydrogen) atoms. The molecular formula is C46H84NO8P. The highest BCUT2D eigenvalue weighted by Gasteiger charge is 2.21. The Morgan fingerprint density at radius 3 is 1.52 bits per heavy atom. The molecule has 0 amide bonds. The number of phosphoric ester groups is 1. The predicted octanol–water partition coefficient (Wildman–Crippen LogP) is 12.1. The number of esters is 2. The largest absolute Gasteiger partial charge is 0.756 e. The molecule has 0 rings (SSSR count). The number of likely N-dealkylation sites (N-methyl/N-ethyl adjacent to an activating group) is 1. The smallest absolute Gasteiger partial charge is 0.306 e. The van der Waals surface area contributed by atoms with Gasteiger partial charge >= 0.3 is 11.9 Å². The second-order valence-electron chi connectivity index (χ2n) is 15.3. The van der Waals surface area contributed by atoms with Crippen LogP contribution in [-0.2, 0) is 32.7 Å². The van der Waals surface area contributed by atoms with Crippen molar-refractivity contribution < 1.29 is 53.0 Å². The van der Waals surface area contributed by atoms with E-state index in [-0.39, 0.29) is 100.0 Å². The third-order valence-electron chi connectivity index (χ3n) is 8.76. The number of unbranched alkanes of at least 4 members (excludes halogenated alkanes) is 16. The van der Waals surface area contributed by atoms with Crippen LogP contribution in [-0.4, -0.2) is 70.0 Å². The highest BCUT2D eigenvalue weighted by atomic mass is 31.2. The maximum absolute atomic E-state index is 12.8. The molecule has 10 heteroatoms. The van der Waals surface area contributed by atoms with Crippen molar-refractivity contribution in [3.05, 3.63) is 48.4 Å². The first-order chi connectivity index (χ1) is 30.2. The lowest BCUT2D eigenvalue weighted by atomic mass is 10.0. The van der Waals surface area contributed by atoms with Gasteiger partial charge in [-0.1, -0.05) is 165 Å². The van der Waals surface area contributed by atoms with Gasteiger partial charge in [-0.25, -0.2) is 0 Å². The highest BCUT2D eigenvalue weighted by Crippen LogP contribution is 2.38. The summed E-state index contributed by atoms with van der Waals surface area (Å²) in [6.07, 6.45) is 18.9. The second-order valence-corrected chi connectivity index (χ2v) is 16.8. The topological polar surface area (TPSA) is 111 Å². The van der Waals surface area contributed by atoms with Gasteiger partial charge in [-0.2, -0.15) is 0 Å². The molecule has 0 bridgehead atoms. The van der Waals surface area contributed by atoms with Crippen LogP contribution in [0, 0.1) is 0 Å². The van der Waals surface area contributed by atoms with Crippen LogP contribution in [0.3, 0.4) is 0 Å². The van der Waals surface area contributed by atoms with Crippen LogP contribution >= 0.6 is 7.82 Å². The monoisotopic (exact) mass is 818 g/mol. The number of nitrogens with zero attached hydrogens (tertiary/aromatic N) is 1. The molecule has 0 N–H and O–H groups in total. The molecule has 0 saturated heterocycles. The van der Waals surface area contributed by atoms with E-state index in [4.69, 9.17) is 29.5 Å². The average molecular weight is 818 g/mol. The fourth-order valence-electron chi connectivity index (χ4n) is 5.37. The molecule has 0 aliphatic heterocycles. The average Bonchev–Trinajstić information content (AvgIpc) is 3.22. The summed E-state index contributed by atoms with van der Waals surface area (Å²) < 4.78 is 99.0. The van der Waals surface area contributed by atoms with Crippen LogP contribution in [0.25, 0.3) is 0 Å². The predicted molar refractivity (Wildman–Crippen MR) is 231 cm³/mol. The Bertz CT molecular complexity index is 1500. The van der Waals surface area contributed by atoms with Gasteiger partial charge in [-0.15, -0.1) is 0 Å². The molecule has 0 spiro atoms. The van der Waals surface area contributed by atoms with Gasteiger partial charge in [0.25, 0.3) is 7.82 Å². The van der Waals surface area contributed by atoms with Crippen molar-refractivity contribution in [1.82, 2.24) is 0 Å². The first-order valence-electron chi connectivity index (χ1n) is 25.6. The van der Waals surface area contributed by atoms with Crippen molar-refractivity contribution in [3.8, 4) is 0 Å². The lowest BCUT2D eigenvalue weighted by molar-refractivity contribution is -0.870. The third-order valence-corrected chi connectivity index (χ3v) is 9.73. The van der Waals surface area contributed by atoms with Crippen LogP contribution in [0.5, 0.6) is 0 Å². The minimum absolute atomic E-state index is 0.0351. The zero-order valence-corrected chi connectivity index (χ0v) is 36.8. The van der Waals surface area contributed by atoms with Gasteiger partial charge < -0.3 is 27.9 Å². The minimum Gasteiger partial charge on any atom is -0.756 e. The fraction of sp³-hybridized carbons (Fsp3) is 0.783. The molecule has 0 heterocycles. The molecular weight excluding hydrogens is 725 g/mol. The van der Waals surface area contributed by atoms with E-state index in [0.29, 0.717) is 23.9 Å². The second kappa shape index (κ2) is 38.5. The van der Waals surface area contributed by atoms with Crippen LogP contribution in [0.2, 0.25) is 0 Å². The lowest BCUT2D eigenvalue weighted by Crippen LogP contribution is -2.37. The molecule has 9 nitrogen and oxygen atoms in total. The number of rotatable bonds is 40. The zero-order chi connectivity index (χ0) is 48.4. The van der Waals surface area contributed by atoms with E-state index in [1.165, 1.54) is 70.6 Å². The van der Waals surface area contributed by atoms with Crippen LogP contribution in [0.1, 0.15) is 192 Å². The Morgan fingerprint density at radius 2 is 1.02 bits per heavy atom. The zero-order valence-electron chi connectivity index (χ0n) is 44.0. The molecule has 0 radical (unpaired) electrons. The number of phosphoric acid groups is 1. The summed E-state index contributed by atoms with van der Waals surface area (Å²) in [5, 5.41) is 0. The van der Waals surface area contributed by atoms with E-state index in [0.717, 1.165) is 38.5 Å². The van der Waals surface area contributed by atoms with Gasteiger partial charge in [0.2, 0.25) is 0 Å². The van der Waals surface area contributed by atoms with Crippen LogP contribution in [0.4, 0.5) is 0 Å². The Kier molecular flexibility index (Phi) is 28.0. The van der Waals surface area contributed by atoms with E-state index in [1.54, 1.807) is 0 Å². The number of hydrogen-bond acceptors (Lipinski definition) is 8. The molecule has 0 aromatic rings. The molecule has 1 unspecified atom stereocenters. The molecule has 326 valence electrons. The summed E-state index contributed by atoms with van der Waals surface area (Å²) in [6, 6.07) is -1.44. The molecule has 0 aromatic heterocycles. The maximum Gasteiger partial charge on any atom is 0.306 e. The van der Waals surface area contributed by atoms with Crippen molar-refractivity contribution in [3.63, 3.8) is 0 Å². The van der Waals surface area contributed by atoms with Gasteiger partial charge in [0, 0.05) is 12.8 Å². The van der Waals surface area contributed by atoms with Crippen molar-refractivity contribution in [2.75, 3.05) is 47.5 Å². The number of carbonyl (C=O) groups excluding carboxylic acids is 2. The SMILES string of the molecule is [2H]/C(CCCCC)=C(\[2H])C/C([2H])=C(/[2H])C/C([2H])=C(/[2H])C/C([2H])=C(/[2H])CCCC(=O)O[C@H](COC(=O)CCCCCCCCCCCCCCCCC)COP(=O)([O-])OCC[N+](C)(C)C. The maximum atomic E-state index is 12.8. The van der Waals surface area contributed by atoms with Crippen molar-refractivity contribution in [2.24, 2.45) is 0 Å². The summed E-state index contributed by atoms with van der Waals surface area (Å²) in [4.78, 5) is 37.8. The summed E-state index contributed by atoms with van der Waals surface area (Å²) in [6.45, 7) is 3.46. The van der Waals surface area contributed by atoms with Crippen molar-refractivity contribution >= 4 is 19.8 Å². The van der Waals surface area contributed by atoms with Gasteiger partial charge in [0.05, 0.1) is 38.7 Å². The number of hydrogen-bond donors (Lipinski definition) is 0. The van der Waals surface area contributed by atoms with Gasteiger partial charge in [0.1, 0.15) is 19.8 Å².